The molecule has 0 fully saturated rings. The Kier molecular flexibility index (Phi) is 4.95. The van der Waals surface area contributed by atoms with Crippen LogP contribution in [0.25, 0.3) is 0 Å². The van der Waals surface area contributed by atoms with Crippen molar-refractivity contribution in [3.63, 3.8) is 0 Å². The lowest BCUT2D eigenvalue weighted by atomic mass is 10.1. The number of non-ortho nitro benzene ring substituents is 1. The fraction of sp³-hybridized carbons (Fsp3) is 0.375. The van der Waals surface area contributed by atoms with Crippen molar-refractivity contribution in [2.45, 2.75) is 34.0 Å². The number of hydrogen-bond donors (Lipinski definition) is 0. The van der Waals surface area contributed by atoms with E-state index in [0.29, 0.717) is 22.6 Å². The molecule has 0 radical (unpaired) electrons. The standard InChI is InChI=1S/C16H17N3O5S/c1-9-16(25-11(3)17-9)10(2)18-24-7-13-5-14(19(20)21)4-12-6-22-8-23-15(12)13/h4-5H,6-8H2,1-3H3/b18-10+. The molecule has 3 rings (SSSR count). The molecular weight excluding hydrogens is 346 g/mol. The van der Waals surface area contributed by atoms with Gasteiger partial charge in [0.15, 0.2) is 6.79 Å². The SMILES string of the molecule is C/C(=N\OCc1cc([N+](=O)[O-])cc2c1OCOC2)c1sc(C)nc1C. The van der Waals surface area contributed by atoms with Crippen molar-refractivity contribution in [3.8, 4) is 5.75 Å². The largest absolute Gasteiger partial charge is 0.467 e. The van der Waals surface area contributed by atoms with Gasteiger partial charge in [-0.25, -0.2) is 4.98 Å². The van der Waals surface area contributed by atoms with Crippen LogP contribution in [0.1, 0.15) is 33.6 Å². The van der Waals surface area contributed by atoms with Crippen LogP contribution in [0.15, 0.2) is 17.3 Å². The molecule has 0 aliphatic carbocycles. The second-order valence-corrected chi connectivity index (χ2v) is 6.76. The normalized spacial score (nSPS) is 14.0. The summed E-state index contributed by atoms with van der Waals surface area (Å²) in [5.41, 5.74) is 2.79. The van der Waals surface area contributed by atoms with Crippen molar-refractivity contribution in [2.75, 3.05) is 6.79 Å². The Bertz CT molecular complexity index is 847. The monoisotopic (exact) mass is 363 g/mol. The lowest BCUT2D eigenvalue weighted by Crippen LogP contribution is -2.14. The number of benzene rings is 1. The zero-order valence-electron chi connectivity index (χ0n) is 14.1. The summed E-state index contributed by atoms with van der Waals surface area (Å²) in [6.07, 6.45) is 0. The molecule has 0 spiro atoms. The molecular formula is C16H17N3O5S. The number of nitro benzene ring substituents is 1. The summed E-state index contributed by atoms with van der Waals surface area (Å²) >= 11 is 1.55. The highest BCUT2D eigenvalue weighted by atomic mass is 32.1. The van der Waals surface area contributed by atoms with Gasteiger partial charge >= 0.3 is 0 Å². The van der Waals surface area contributed by atoms with Gasteiger partial charge in [-0.2, -0.15) is 0 Å². The van der Waals surface area contributed by atoms with Crippen molar-refractivity contribution in [1.29, 1.82) is 0 Å². The van der Waals surface area contributed by atoms with Crippen LogP contribution in [0.3, 0.4) is 0 Å². The highest BCUT2D eigenvalue weighted by molar-refractivity contribution is 7.13. The second kappa shape index (κ2) is 7.16. The number of fused-ring (bicyclic) bond motifs is 1. The summed E-state index contributed by atoms with van der Waals surface area (Å²) < 4.78 is 10.7. The lowest BCUT2D eigenvalue weighted by Gasteiger charge is -2.20. The Morgan fingerprint density at radius 3 is 2.96 bits per heavy atom. The van der Waals surface area contributed by atoms with E-state index in [1.54, 1.807) is 11.3 Å². The average Bonchev–Trinajstić information content (AvgIpc) is 2.93. The predicted octanol–water partition coefficient (Wildman–Crippen LogP) is 3.48. The molecule has 0 amide bonds. The van der Waals surface area contributed by atoms with E-state index in [9.17, 15) is 10.1 Å². The fourth-order valence-electron chi connectivity index (χ4n) is 2.60. The molecule has 0 atom stereocenters. The van der Waals surface area contributed by atoms with Crippen molar-refractivity contribution in [3.05, 3.63) is 49.0 Å². The average molecular weight is 363 g/mol. The summed E-state index contributed by atoms with van der Waals surface area (Å²) in [6.45, 7) is 6.14. The first kappa shape index (κ1) is 17.3. The Morgan fingerprint density at radius 2 is 2.28 bits per heavy atom. The molecule has 25 heavy (non-hydrogen) atoms. The number of thiazole rings is 1. The molecule has 0 N–H and O–H groups in total. The Balaban J connectivity index is 1.80. The molecule has 9 heteroatoms. The third-order valence-electron chi connectivity index (χ3n) is 3.64. The van der Waals surface area contributed by atoms with Gasteiger partial charge in [0.05, 0.1) is 32.8 Å². The van der Waals surface area contributed by atoms with Gasteiger partial charge in [-0.1, -0.05) is 5.16 Å². The van der Waals surface area contributed by atoms with Crippen LogP contribution < -0.4 is 4.74 Å². The smallest absolute Gasteiger partial charge is 0.270 e. The highest BCUT2D eigenvalue weighted by Gasteiger charge is 2.21. The van der Waals surface area contributed by atoms with E-state index in [2.05, 4.69) is 10.1 Å². The van der Waals surface area contributed by atoms with Gasteiger partial charge in [0.25, 0.3) is 5.69 Å². The molecule has 0 unspecified atom stereocenters. The third kappa shape index (κ3) is 3.77. The van der Waals surface area contributed by atoms with E-state index < -0.39 is 4.92 Å². The van der Waals surface area contributed by atoms with Crippen LogP contribution in [0, 0.1) is 24.0 Å². The van der Waals surface area contributed by atoms with Crippen LogP contribution in [0.5, 0.6) is 5.75 Å². The first-order valence-electron chi connectivity index (χ1n) is 7.57. The maximum Gasteiger partial charge on any atom is 0.270 e. The first-order chi connectivity index (χ1) is 12.0. The minimum Gasteiger partial charge on any atom is -0.467 e. The first-order valence-corrected chi connectivity index (χ1v) is 8.39. The number of oxime groups is 1. The number of aromatic nitrogens is 1. The maximum atomic E-state index is 11.1. The van der Waals surface area contributed by atoms with Crippen molar-refractivity contribution in [1.82, 2.24) is 4.98 Å². The van der Waals surface area contributed by atoms with E-state index in [-0.39, 0.29) is 25.7 Å². The van der Waals surface area contributed by atoms with Crippen LogP contribution in [-0.4, -0.2) is 22.4 Å². The van der Waals surface area contributed by atoms with Gasteiger partial charge in [0.2, 0.25) is 0 Å². The van der Waals surface area contributed by atoms with Gasteiger partial charge in [0, 0.05) is 23.3 Å². The van der Waals surface area contributed by atoms with Crippen molar-refractivity contribution in [2.24, 2.45) is 5.16 Å². The number of nitrogens with zero attached hydrogens (tertiary/aromatic N) is 3. The zero-order chi connectivity index (χ0) is 18.0. The van der Waals surface area contributed by atoms with Gasteiger partial charge in [-0.3, -0.25) is 10.1 Å². The molecule has 1 aromatic heterocycles. The fourth-order valence-corrected chi connectivity index (χ4v) is 3.46. The summed E-state index contributed by atoms with van der Waals surface area (Å²) in [5.74, 6) is 0.564. The van der Waals surface area contributed by atoms with Crippen LogP contribution in [0.4, 0.5) is 5.69 Å². The van der Waals surface area contributed by atoms with E-state index in [1.165, 1.54) is 12.1 Å². The van der Waals surface area contributed by atoms with E-state index in [1.807, 2.05) is 20.8 Å². The van der Waals surface area contributed by atoms with E-state index in [4.69, 9.17) is 14.3 Å². The molecule has 132 valence electrons. The van der Waals surface area contributed by atoms with E-state index >= 15 is 0 Å². The molecule has 1 aliphatic heterocycles. The Hall–Kier alpha value is -2.52. The van der Waals surface area contributed by atoms with Crippen LogP contribution in [0.2, 0.25) is 0 Å². The van der Waals surface area contributed by atoms with Crippen LogP contribution >= 0.6 is 11.3 Å². The zero-order valence-corrected chi connectivity index (χ0v) is 14.9. The molecule has 0 saturated carbocycles. The van der Waals surface area contributed by atoms with Crippen LogP contribution in [-0.2, 0) is 22.8 Å². The number of hydrogen-bond acceptors (Lipinski definition) is 8. The van der Waals surface area contributed by atoms with Gasteiger partial charge in [0.1, 0.15) is 12.4 Å². The number of nitro groups is 1. The molecule has 8 nitrogen and oxygen atoms in total. The Labute approximate surface area is 148 Å². The van der Waals surface area contributed by atoms with E-state index in [0.717, 1.165) is 15.6 Å². The third-order valence-corrected chi connectivity index (χ3v) is 4.82. The molecule has 1 aromatic carbocycles. The van der Waals surface area contributed by atoms with Gasteiger partial charge in [-0.05, 0) is 20.8 Å². The molecule has 2 aromatic rings. The van der Waals surface area contributed by atoms with Gasteiger partial charge < -0.3 is 14.3 Å². The molecule has 2 heterocycles. The summed E-state index contributed by atoms with van der Waals surface area (Å²) in [7, 11) is 0. The van der Waals surface area contributed by atoms with Crippen molar-refractivity contribution >= 4 is 22.7 Å². The minimum atomic E-state index is -0.448. The predicted molar refractivity (Wildman–Crippen MR) is 92.0 cm³/mol. The summed E-state index contributed by atoms with van der Waals surface area (Å²) in [5, 5.41) is 16.2. The molecule has 0 bridgehead atoms. The number of ether oxygens (including phenoxy) is 2. The minimum absolute atomic E-state index is 0.0268. The lowest BCUT2D eigenvalue weighted by molar-refractivity contribution is -0.385. The number of aryl methyl sites for hydroxylation is 2. The maximum absolute atomic E-state index is 11.1. The van der Waals surface area contributed by atoms with Gasteiger partial charge in [-0.15, -0.1) is 11.3 Å². The number of rotatable bonds is 5. The topological polar surface area (TPSA) is 96.1 Å². The second-order valence-electron chi connectivity index (χ2n) is 5.56. The summed E-state index contributed by atoms with van der Waals surface area (Å²) in [6, 6.07) is 2.90. The quantitative estimate of drug-likeness (QED) is 0.458. The highest BCUT2D eigenvalue weighted by Crippen LogP contribution is 2.33. The Morgan fingerprint density at radius 1 is 1.48 bits per heavy atom. The van der Waals surface area contributed by atoms with Crippen molar-refractivity contribution < 1.29 is 19.2 Å². The summed E-state index contributed by atoms with van der Waals surface area (Å²) in [4.78, 5) is 21.4. The molecule has 1 aliphatic rings. The molecule has 0 saturated heterocycles.